The van der Waals surface area contributed by atoms with Crippen LogP contribution < -0.4 is 11.1 Å². The molecule has 0 atom stereocenters. The Morgan fingerprint density at radius 3 is 2.40 bits per heavy atom. The third-order valence-corrected chi connectivity index (χ3v) is 3.83. The van der Waals surface area contributed by atoms with Crippen LogP contribution >= 0.6 is 0 Å². The summed E-state index contributed by atoms with van der Waals surface area (Å²) >= 11 is 0. The number of hydrogen-bond acceptors (Lipinski definition) is 2. The van der Waals surface area contributed by atoms with Gasteiger partial charge in [0, 0.05) is 18.0 Å². The predicted molar refractivity (Wildman–Crippen MR) is 60.4 cm³/mol. The first-order valence-electron chi connectivity index (χ1n) is 6.26. The van der Waals surface area contributed by atoms with E-state index >= 15 is 0 Å². The molecule has 2 saturated carbocycles. The molecule has 1 amide bonds. The van der Waals surface area contributed by atoms with Crippen LogP contribution in [-0.4, -0.2) is 17.5 Å². The average molecular weight is 210 g/mol. The maximum absolute atomic E-state index is 11.7. The highest BCUT2D eigenvalue weighted by Gasteiger charge is 2.35. The third-order valence-electron chi connectivity index (χ3n) is 3.83. The topological polar surface area (TPSA) is 55.1 Å². The summed E-state index contributed by atoms with van der Waals surface area (Å²) in [6, 6.07) is 0.426. The largest absolute Gasteiger partial charge is 0.353 e. The number of nitrogens with one attached hydrogen (secondary N) is 1. The van der Waals surface area contributed by atoms with Crippen LogP contribution in [-0.2, 0) is 4.79 Å². The van der Waals surface area contributed by atoms with Gasteiger partial charge in [-0.25, -0.2) is 0 Å². The smallest absolute Gasteiger partial charge is 0.222 e. The van der Waals surface area contributed by atoms with Gasteiger partial charge >= 0.3 is 0 Å². The highest BCUT2D eigenvalue weighted by Crippen LogP contribution is 2.32. The Morgan fingerprint density at radius 1 is 1.20 bits per heavy atom. The zero-order valence-electron chi connectivity index (χ0n) is 9.43. The highest BCUT2D eigenvalue weighted by atomic mass is 16.1. The van der Waals surface area contributed by atoms with Gasteiger partial charge in [0.1, 0.15) is 0 Å². The van der Waals surface area contributed by atoms with Crippen LogP contribution in [0.4, 0.5) is 0 Å². The van der Waals surface area contributed by atoms with Crippen LogP contribution in [0.25, 0.3) is 0 Å². The van der Waals surface area contributed by atoms with Gasteiger partial charge in [-0.15, -0.1) is 0 Å². The molecule has 15 heavy (non-hydrogen) atoms. The van der Waals surface area contributed by atoms with Crippen LogP contribution in [0.1, 0.15) is 57.8 Å². The van der Waals surface area contributed by atoms with E-state index < -0.39 is 0 Å². The van der Waals surface area contributed by atoms with Gasteiger partial charge in [0.15, 0.2) is 0 Å². The van der Waals surface area contributed by atoms with Gasteiger partial charge < -0.3 is 11.1 Å². The van der Waals surface area contributed by atoms with Gasteiger partial charge in [-0.2, -0.15) is 0 Å². The third kappa shape index (κ3) is 2.94. The van der Waals surface area contributed by atoms with E-state index in [1.165, 1.54) is 25.7 Å². The Balaban J connectivity index is 1.71. The maximum atomic E-state index is 11.7. The molecule has 2 rings (SSSR count). The van der Waals surface area contributed by atoms with Crippen molar-refractivity contribution >= 4 is 5.91 Å². The summed E-state index contributed by atoms with van der Waals surface area (Å²) in [6.07, 6.45) is 9.92. The molecule has 0 spiro atoms. The van der Waals surface area contributed by atoms with Crippen molar-refractivity contribution in [3.05, 3.63) is 0 Å². The maximum Gasteiger partial charge on any atom is 0.222 e. The molecule has 0 aromatic rings. The van der Waals surface area contributed by atoms with Crippen LogP contribution in [0.5, 0.6) is 0 Å². The summed E-state index contributed by atoms with van der Waals surface area (Å²) in [5.41, 5.74) is 5.88. The summed E-state index contributed by atoms with van der Waals surface area (Å²) in [4.78, 5) is 11.7. The highest BCUT2D eigenvalue weighted by molar-refractivity contribution is 5.77. The van der Waals surface area contributed by atoms with Crippen LogP contribution in [0.15, 0.2) is 0 Å². The summed E-state index contributed by atoms with van der Waals surface area (Å²) in [5, 5.41) is 3.12. The number of rotatable bonds is 3. The normalized spacial score (nSPS) is 25.7. The molecule has 3 heteroatoms. The standard InChI is InChI=1S/C12H22N2O/c13-12(7-4-8-12)9-11(15)14-10-5-2-1-3-6-10/h10H,1-9,13H2,(H,14,15). The Kier molecular flexibility index (Phi) is 3.29. The minimum absolute atomic E-state index is 0.168. The Bertz CT molecular complexity index is 230. The molecule has 3 nitrogen and oxygen atoms in total. The number of nitrogens with two attached hydrogens (primary N) is 1. The zero-order chi connectivity index (χ0) is 10.7. The number of amides is 1. The first-order valence-corrected chi connectivity index (χ1v) is 6.26. The molecule has 3 N–H and O–H groups in total. The van der Waals surface area contributed by atoms with Crippen molar-refractivity contribution in [1.82, 2.24) is 5.32 Å². The predicted octanol–water partition coefficient (Wildman–Crippen LogP) is 1.71. The minimum atomic E-state index is -0.168. The summed E-state index contributed by atoms with van der Waals surface area (Å²) in [5.74, 6) is 0.170. The minimum Gasteiger partial charge on any atom is -0.353 e. The van der Waals surface area contributed by atoms with Crippen LogP contribution in [0, 0.1) is 0 Å². The molecule has 0 saturated heterocycles. The van der Waals surface area contributed by atoms with Gasteiger partial charge in [-0.05, 0) is 32.1 Å². The van der Waals surface area contributed by atoms with Gasteiger partial charge in [0.25, 0.3) is 0 Å². The Morgan fingerprint density at radius 2 is 1.87 bits per heavy atom. The van der Waals surface area contributed by atoms with Crippen molar-refractivity contribution in [2.45, 2.75) is 69.4 Å². The molecule has 0 radical (unpaired) electrons. The SMILES string of the molecule is NC1(CC(=O)NC2CCCCC2)CCC1. The lowest BCUT2D eigenvalue weighted by Gasteiger charge is -2.38. The average Bonchev–Trinajstić information content (AvgIpc) is 2.16. The summed E-state index contributed by atoms with van der Waals surface area (Å²) in [6.45, 7) is 0. The van der Waals surface area contributed by atoms with E-state index in [2.05, 4.69) is 5.32 Å². The second kappa shape index (κ2) is 4.52. The van der Waals surface area contributed by atoms with E-state index in [1.807, 2.05) is 0 Å². The molecule has 2 fully saturated rings. The molecule has 0 aromatic heterocycles. The van der Waals surface area contributed by atoms with E-state index in [4.69, 9.17) is 5.73 Å². The molecule has 0 aromatic carbocycles. The molecule has 0 aliphatic heterocycles. The van der Waals surface area contributed by atoms with Crippen molar-refractivity contribution in [2.24, 2.45) is 5.73 Å². The number of carbonyl (C=O) groups excluding carboxylic acids is 1. The van der Waals surface area contributed by atoms with Crippen molar-refractivity contribution in [2.75, 3.05) is 0 Å². The number of hydrogen-bond donors (Lipinski definition) is 2. The van der Waals surface area contributed by atoms with Crippen molar-refractivity contribution in [1.29, 1.82) is 0 Å². The van der Waals surface area contributed by atoms with Crippen molar-refractivity contribution in [3.63, 3.8) is 0 Å². The van der Waals surface area contributed by atoms with Gasteiger partial charge in [0.2, 0.25) is 5.91 Å². The number of carbonyl (C=O) groups is 1. The first kappa shape index (κ1) is 10.9. The second-order valence-electron chi connectivity index (χ2n) is 5.30. The molecule has 2 aliphatic rings. The summed E-state index contributed by atoms with van der Waals surface area (Å²) in [7, 11) is 0. The molecular weight excluding hydrogens is 188 g/mol. The Hall–Kier alpha value is -0.570. The lowest BCUT2D eigenvalue weighted by atomic mass is 9.75. The van der Waals surface area contributed by atoms with Crippen LogP contribution in [0.2, 0.25) is 0 Å². The van der Waals surface area contributed by atoms with Crippen molar-refractivity contribution in [3.8, 4) is 0 Å². The first-order chi connectivity index (χ1) is 7.18. The van der Waals surface area contributed by atoms with Gasteiger partial charge in [-0.3, -0.25) is 4.79 Å². The fourth-order valence-corrected chi connectivity index (χ4v) is 2.65. The van der Waals surface area contributed by atoms with Gasteiger partial charge in [0.05, 0.1) is 0 Å². The van der Waals surface area contributed by atoms with E-state index in [-0.39, 0.29) is 11.4 Å². The van der Waals surface area contributed by atoms with E-state index in [0.29, 0.717) is 12.5 Å². The quantitative estimate of drug-likeness (QED) is 0.745. The van der Waals surface area contributed by atoms with Crippen LogP contribution in [0.3, 0.4) is 0 Å². The van der Waals surface area contributed by atoms with E-state index in [0.717, 1.165) is 25.7 Å². The van der Waals surface area contributed by atoms with E-state index in [9.17, 15) is 4.79 Å². The molecule has 86 valence electrons. The molecule has 0 unspecified atom stereocenters. The Labute approximate surface area is 91.8 Å². The van der Waals surface area contributed by atoms with E-state index in [1.54, 1.807) is 0 Å². The van der Waals surface area contributed by atoms with Crippen molar-refractivity contribution < 1.29 is 4.79 Å². The fourth-order valence-electron chi connectivity index (χ4n) is 2.65. The zero-order valence-corrected chi connectivity index (χ0v) is 9.43. The fraction of sp³-hybridized carbons (Fsp3) is 0.917. The molecular formula is C12H22N2O. The monoisotopic (exact) mass is 210 g/mol. The summed E-state index contributed by atoms with van der Waals surface area (Å²) < 4.78 is 0. The molecule has 0 bridgehead atoms. The molecule has 0 heterocycles. The lowest BCUT2D eigenvalue weighted by molar-refractivity contribution is -0.123. The molecule has 2 aliphatic carbocycles. The second-order valence-corrected chi connectivity index (χ2v) is 5.30. The lowest BCUT2D eigenvalue weighted by Crippen LogP contribution is -2.51. The van der Waals surface area contributed by atoms with Gasteiger partial charge in [-0.1, -0.05) is 19.3 Å².